The van der Waals surface area contributed by atoms with Crippen LogP contribution in [0.2, 0.25) is 4.34 Å². The minimum Gasteiger partial charge on any atom is -0.366 e. The maximum Gasteiger partial charge on any atom is 0.254 e. The van der Waals surface area contributed by atoms with Crippen molar-refractivity contribution < 1.29 is 4.79 Å². The molecule has 0 aliphatic heterocycles. The minimum atomic E-state index is -0.159. The normalized spacial score (nSPS) is 9.96. The van der Waals surface area contributed by atoms with Crippen molar-refractivity contribution in [3.05, 3.63) is 70.3 Å². The zero-order chi connectivity index (χ0) is 16.1. The van der Waals surface area contributed by atoms with E-state index in [1.807, 2.05) is 42.5 Å². The van der Waals surface area contributed by atoms with Crippen molar-refractivity contribution in [3.8, 4) is 22.3 Å². The van der Waals surface area contributed by atoms with Crippen LogP contribution in [0.4, 0.5) is 0 Å². The third-order valence-corrected chi connectivity index (χ3v) is 4.44. The second-order valence-corrected chi connectivity index (χ2v) is 6.45. The molecule has 0 bridgehead atoms. The van der Waals surface area contributed by atoms with Gasteiger partial charge in [0.25, 0.3) is 5.91 Å². The van der Waals surface area contributed by atoms with Crippen molar-refractivity contribution in [3.63, 3.8) is 0 Å². The molecule has 5 heteroatoms. The molecule has 2 N–H and O–H groups in total. The Balaban J connectivity index is 1.66. The van der Waals surface area contributed by atoms with E-state index in [0.29, 0.717) is 16.4 Å². The summed E-state index contributed by atoms with van der Waals surface area (Å²) in [6.07, 6.45) is 3.48. The van der Waals surface area contributed by atoms with E-state index in [0.717, 1.165) is 16.0 Å². The Kier molecular flexibility index (Phi) is 4.82. The molecule has 0 saturated heterocycles. The van der Waals surface area contributed by atoms with Crippen molar-refractivity contribution in [2.45, 2.75) is 0 Å². The zero-order valence-corrected chi connectivity index (χ0v) is 13.7. The number of H-pyrrole nitrogens is 1. The van der Waals surface area contributed by atoms with Gasteiger partial charge in [-0.1, -0.05) is 41.6 Å². The van der Waals surface area contributed by atoms with Crippen LogP contribution in [0, 0.1) is 11.8 Å². The molecule has 0 spiro atoms. The lowest BCUT2D eigenvalue weighted by Gasteiger charge is -2.01. The van der Waals surface area contributed by atoms with E-state index in [4.69, 9.17) is 11.6 Å². The molecule has 0 saturated carbocycles. The Morgan fingerprint density at radius 1 is 1.17 bits per heavy atom. The van der Waals surface area contributed by atoms with Crippen molar-refractivity contribution in [1.29, 1.82) is 0 Å². The highest BCUT2D eigenvalue weighted by Crippen LogP contribution is 2.32. The predicted molar refractivity (Wildman–Crippen MR) is 94.8 cm³/mol. The fourth-order valence-corrected chi connectivity index (χ4v) is 3.18. The number of halogens is 1. The van der Waals surface area contributed by atoms with Crippen LogP contribution in [-0.2, 0) is 0 Å². The summed E-state index contributed by atoms with van der Waals surface area (Å²) in [5.41, 5.74) is 2.36. The number of carbonyl (C=O) groups excluding carboxylic acids is 1. The molecule has 0 unspecified atom stereocenters. The van der Waals surface area contributed by atoms with E-state index >= 15 is 0 Å². The first-order chi connectivity index (χ1) is 11.2. The quantitative estimate of drug-likeness (QED) is 0.690. The molecule has 3 rings (SSSR count). The van der Waals surface area contributed by atoms with E-state index in [1.165, 1.54) is 11.3 Å². The van der Waals surface area contributed by atoms with Crippen LogP contribution in [0.3, 0.4) is 0 Å². The summed E-state index contributed by atoms with van der Waals surface area (Å²) >= 11 is 7.40. The Bertz CT molecular complexity index is 871. The van der Waals surface area contributed by atoms with Crippen molar-refractivity contribution in [1.82, 2.24) is 10.3 Å². The fraction of sp³-hybridized carbons (Fsp3) is 0.0556. The number of amides is 1. The second kappa shape index (κ2) is 7.19. The smallest absolute Gasteiger partial charge is 0.254 e. The van der Waals surface area contributed by atoms with E-state index in [1.54, 1.807) is 12.4 Å². The monoisotopic (exact) mass is 340 g/mol. The number of thiophene rings is 1. The maximum absolute atomic E-state index is 12.3. The van der Waals surface area contributed by atoms with Gasteiger partial charge in [0.1, 0.15) is 0 Å². The average Bonchev–Trinajstić information content (AvgIpc) is 3.21. The SMILES string of the molecule is O=C(NCC#Cc1ccccc1)c1c[nH]cc1-c1ccc(Cl)s1. The topological polar surface area (TPSA) is 44.9 Å². The molecule has 2 heterocycles. The summed E-state index contributed by atoms with van der Waals surface area (Å²) in [7, 11) is 0. The van der Waals surface area contributed by atoms with Crippen molar-refractivity contribution in [2.75, 3.05) is 6.54 Å². The lowest BCUT2D eigenvalue weighted by molar-refractivity contribution is 0.0959. The van der Waals surface area contributed by atoms with Crippen molar-refractivity contribution >= 4 is 28.8 Å². The number of hydrogen-bond donors (Lipinski definition) is 2. The highest BCUT2D eigenvalue weighted by atomic mass is 35.5. The molecule has 0 atom stereocenters. The van der Waals surface area contributed by atoms with Crippen LogP contribution in [0.5, 0.6) is 0 Å². The van der Waals surface area contributed by atoms with Crippen LogP contribution in [0.1, 0.15) is 15.9 Å². The van der Waals surface area contributed by atoms with E-state index in [2.05, 4.69) is 22.1 Å². The van der Waals surface area contributed by atoms with Crippen LogP contribution in [-0.4, -0.2) is 17.4 Å². The third kappa shape index (κ3) is 3.84. The number of rotatable bonds is 3. The van der Waals surface area contributed by atoms with Gasteiger partial charge in [0.15, 0.2) is 0 Å². The first-order valence-corrected chi connectivity index (χ1v) is 8.18. The molecule has 0 fully saturated rings. The zero-order valence-electron chi connectivity index (χ0n) is 12.1. The Morgan fingerprint density at radius 3 is 2.74 bits per heavy atom. The number of aromatic nitrogens is 1. The van der Waals surface area contributed by atoms with E-state index in [-0.39, 0.29) is 5.91 Å². The molecule has 0 aliphatic carbocycles. The van der Waals surface area contributed by atoms with Gasteiger partial charge in [-0.2, -0.15) is 0 Å². The largest absolute Gasteiger partial charge is 0.366 e. The molecule has 3 nitrogen and oxygen atoms in total. The number of carbonyl (C=O) groups is 1. The molecule has 0 radical (unpaired) electrons. The van der Waals surface area contributed by atoms with Gasteiger partial charge in [-0.05, 0) is 24.3 Å². The number of benzene rings is 1. The molecule has 1 amide bonds. The van der Waals surface area contributed by atoms with E-state index in [9.17, 15) is 4.79 Å². The maximum atomic E-state index is 12.3. The molecule has 0 aliphatic rings. The summed E-state index contributed by atoms with van der Waals surface area (Å²) in [6.45, 7) is 0.295. The Labute approximate surface area is 143 Å². The second-order valence-electron chi connectivity index (χ2n) is 4.74. The lowest BCUT2D eigenvalue weighted by atomic mass is 10.1. The van der Waals surface area contributed by atoms with Crippen molar-refractivity contribution in [2.24, 2.45) is 0 Å². The molecule has 23 heavy (non-hydrogen) atoms. The van der Waals surface area contributed by atoms with Crippen LogP contribution < -0.4 is 5.32 Å². The van der Waals surface area contributed by atoms with Gasteiger partial charge >= 0.3 is 0 Å². The van der Waals surface area contributed by atoms with Gasteiger partial charge in [-0.25, -0.2) is 0 Å². The first-order valence-electron chi connectivity index (χ1n) is 6.98. The summed E-state index contributed by atoms with van der Waals surface area (Å²) in [5.74, 6) is 5.80. The molecule has 1 aromatic carbocycles. The van der Waals surface area contributed by atoms with Crippen LogP contribution in [0.15, 0.2) is 54.9 Å². The van der Waals surface area contributed by atoms with Gasteiger partial charge in [0.05, 0.1) is 16.4 Å². The van der Waals surface area contributed by atoms with Gasteiger partial charge in [-0.15, -0.1) is 11.3 Å². The Hall–Kier alpha value is -2.48. The Morgan fingerprint density at radius 2 is 2.00 bits per heavy atom. The van der Waals surface area contributed by atoms with Crippen LogP contribution in [0.25, 0.3) is 10.4 Å². The summed E-state index contributed by atoms with van der Waals surface area (Å²) in [5, 5.41) is 2.81. The predicted octanol–water partition coefficient (Wildman–Crippen LogP) is 4.18. The highest BCUT2D eigenvalue weighted by Gasteiger charge is 2.14. The van der Waals surface area contributed by atoms with Gasteiger partial charge in [0, 0.05) is 28.4 Å². The summed E-state index contributed by atoms with van der Waals surface area (Å²) in [4.78, 5) is 16.2. The number of hydrogen-bond acceptors (Lipinski definition) is 2. The molecule has 2 aromatic heterocycles. The lowest BCUT2D eigenvalue weighted by Crippen LogP contribution is -2.23. The third-order valence-electron chi connectivity index (χ3n) is 3.17. The highest BCUT2D eigenvalue weighted by molar-refractivity contribution is 7.19. The minimum absolute atomic E-state index is 0.159. The van der Waals surface area contributed by atoms with Gasteiger partial charge in [-0.3, -0.25) is 4.79 Å². The summed E-state index contributed by atoms with van der Waals surface area (Å²) in [6, 6.07) is 13.4. The molecule has 114 valence electrons. The molecular formula is C18H13ClN2OS. The summed E-state index contributed by atoms with van der Waals surface area (Å²) < 4.78 is 0.696. The van der Waals surface area contributed by atoms with E-state index < -0.39 is 0 Å². The van der Waals surface area contributed by atoms with Gasteiger partial charge in [0.2, 0.25) is 0 Å². The number of nitrogens with one attached hydrogen (secondary N) is 2. The fourth-order valence-electron chi connectivity index (χ4n) is 2.10. The van der Waals surface area contributed by atoms with Crippen LogP contribution >= 0.6 is 22.9 Å². The average molecular weight is 341 g/mol. The standard InChI is InChI=1S/C18H13ClN2OS/c19-17-9-8-16(23-17)14-11-20-12-15(14)18(22)21-10-4-7-13-5-2-1-3-6-13/h1-3,5-6,8-9,11-12,20H,10H2,(H,21,22). The van der Waals surface area contributed by atoms with Gasteiger partial charge < -0.3 is 10.3 Å². The molecular weight excluding hydrogens is 328 g/mol. The first kappa shape index (κ1) is 15.4. The number of aromatic amines is 1. The molecule has 3 aromatic rings.